The zero-order valence-electron chi connectivity index (χ0n) is 9.66. The number of piperidine rings is 1. The summed E-state index contributed by atoms with van der Waals surface area (Å²) in [6.45, 7) is 5.72. The summed E-state index contributed by atoms with van der Waals surface area (Å²) in [4.78, 5) is 2.39. The van der Waals surface area contributed by atoms with Crippen molar-refractivity contribution in [3.05, 3.63) is 3.92 Å². The number of nitrogens with zero attached hydrogens (tertiary/aromatic N) is 3. The summed E-state index contributed by atoms with van der Waals surface area (Å²) in [6, 6.07) is 0. The minimum atomic E-state index is 0.394. The third kappa shape index (κ3) is 3.15. The van der Waals surface area contributed by atoms with Gasteiger partial charge in [0, 0.05) is 6.54 Å². The van der Waals surface area contributed by atoms with Gasteiger partial charge in [0.15, 0.2) is 3.92 Å². The molecule has 0 atom stereocenters. The highest BCUT2D eigenvalue weighted by molar-refractivity contribution is 9.11. The monoisotopic (exact) mass is 304 g/mol. The van der Waals surface area contributed by atoms with Crippen LogP contribution in [-0.2, 0) is 0 Å². The van der Waals surface area contributed by atoms with Crippen LogP contribution in [0.3, 0.4) is 0 Å². The molecule has 1 aromatic rings. The maximum Gasteiger partial charge on any atom is 0.206 e. The van der Waals surface area contributed by atoms with Crippen molar-refractivity contribution in [2.24, 2.45) is 5.41 Å². The van der Waals surface area contributed by atoms with Gasteiger partial charge in [0.2, 0.25) is 5.13 Å². The van der Waals surface area contributed by atoms with E-state index in [0.717, 1.165) is 15.6 Å². The van der Waals surface area contributed by atoms with Crippen molar-refractivity contribution in [1.82, 2.24) is 15.1 Å². The normalized spacial score (nSPS) is 20.9. The number of halogens is 1. The molecule has 2 heterocycles. The number of hydrogen-bond donors (Lipinski definition) is 1. The Bertz CT molecular complexity index is 346. The molecule has 1 saturated heterocycles. The molecule has 0 bridgehead atoms. The van der Waals surface area contributed by atoms with Crippen LogP contribution in [0.5, 0.6) is 0 Å². The average Bonchev–Trinajstić information content (AvgIpc) is 2.67. The standard InChI is InChI=1S/C10H17BrN4S/c1-10(3-5-15(2)6-4-10)7-12-9-14-13-8(11)16-9/h3-7H2,1-2H3,(H,12,14). The summed E-state index contributed by atoms with van der Waals surface area (Å²) in [5.41, 5.74) is 0.394. The topological polar surface area (TPSA) is 41.0 Å². The highest BCUT2D eigenvalue weighted by Gasteiger charge is 2.28. The van der Waals surface area contributed by atoms with Crippen LogP contribution < -0.4 is 5.32 Å². The Morgan fingerprint density at radius 1 is 1.44 bits per heavy atom. The number of anilines is 1. The molecule has 90 valence electrons. The first-order valence-electron chi connectivity index (χ1n) is 5.49. The van der Waals surface area contributed by atoms with Crippen molar-refractivity contribution in [2.45, 2.75) is 19.8 Å². The highest BCUT2D eigenvalue weighted by atomic mass is 79.9. The zero-order valence-corrected chi connectivity index (χ0v) is 12.1. The van der Waals surface area contributed by atoms with Crippen LogP contribution in [-0.4, -0.2) is 41.8 Å². The molecule has 0 aromatic carbocycles. The molecule has 0 unspecified atom stereocenters. The number of likely N-dealkylation sites (tertiary alicyclic amines) is 1. The summed E-state index contributed by atoms with van der Waals surface area (Å²) in [7, 11) is 2.19. The minimum absolute atomic E-state index is 0.394. The molecule has 0 saturated carbocycles. The van der Waals surface area contributed by atoms with Gasteiger partial charge in [-0.2, -0.15) is 0 Å². The Morgan fingerprint density at radius 2 is 2.12 bits per heavy atom. The number of rotatable bonds is 3. The predicted molar refractivity (Wildman–Crippen MR) is 70.9 cm³/mol. The summed E-state index contributed by atoms with van der Waals surface area (Å²) >= 11 is 4.87. The summed E-state index contributed by atoms with van der Waals surface area (Å²) in [5.74, 6) is 0. The fraction of sp³-hybridized carbons (Fsp3) is 0.800. The quantitative estimate of drug-likeness (QED) is 0.931. The van der Waals surface area contributed by atoms with Crippen molar-refractivity contribution in [2.75, 3.05) is 32.0 Å². The Balaban J connectivity index is 1.85. The van der Waals surface area contributed by atoms with Crippen molar-refractivity contribution in [3.8, 4) is 0 Å². The Morgan fingerprint density at radius 3 is 2.69 bits per heavy atom. The Hall–Kier alpha value is -0.200. The molecule has 1 aromatic heterocycles. The van der Waals surface area contributed by atoms with Gasteiger partial charge in [-0.1, -0.05) is 18.3 Å². The van der Waals surface area contributed by atoms with E-state index in [1.807, 2.05) is 0 Å². The van der Waals surface area contributed by atoms with Crippen molar-refractivity contribution < 1.29 is 0 Å². The van der Waals surface area contributed by atoms with E-state index < -0.39 is 0 Å². The second kappa shape index (κ2) is 4.98. The van der Waals surface area contributed by atoms with Gasteiger partial charge in [-0.25, -0.2) is 0 Å². The minimum Gasteiger partial charge on any atom is -0.360 e. The van der Waals surface area contributed by atoms with Crippen LogP contribution >= 0.6 is 27.3 Å². The molecule has 1 aliphatic heterocycles. The first kappa shape index (κ1) is 12.3. The lowest BCUT2D eigenvalue weighted by atomic mass is 9.80. The van der Waals surface area contributed by atoms with Gasteiger partial charge in [-0.15, -0.1) is 10.2 Å². The van der Waals surface area contributed by atoms with Gasteiger partial charge < -0.3 is 10.2 Å². The number of nitrogens with one attached hydrogen (secondary N) is 1. The highest BCUT2D eigenvalue weighted by Crippen LogP contribution is 2.31. The van der Waals surface area contributed by atoms with Crippen molar-refractivity contribution >= 4 is 32.4 Å². The van der Waals surface area contributed by atoms with Gasteiger partial charge in [0.1, 0.15) is 0 Å². The fourth-order valence-electron chi connectivity index (χ4n) is 1.90. The van der Waals surface area contributed by atoms with E-state index in [-0.39, 0.29) is 0 Å². The second-order valence-corrected chi connectivity index (χ2v) is 7.08. The third-order valence-corrected chi connectivity index (χ3v) is 4.57. The second-order valence-electron chi connectivity index (χ2n) is 4.83. The molecular weight excluding hydrogens is 288 g/mol. The van der Waals surface area contributed by atoms with Gasteiger partial charge in [0.25, 0.3) is 0 Å². The lowest BCUT2D eigenvalue weighted by molar-refractivity contribution is 0.150. The van der Waals surface area contributed by atoms with Crippen LogP contribution in [0.2, 0.25) is 0 Å². The van der Waals surface area contributed by atoms with E-state index in [4.69, 9.17) is 0 Å². The third-order valence-electron chi connectivity index (χ3n) is 3.26. The molecule has 0 spiro atoms. The summed E-state index contributed by atoms with van der Waals surface area (Å²) in [6.07, 6.45) is 2.49. The van der Waals surface area contributed by atoms with Crippen molar-refractivity contribution in [1.29, 1.82) is 0 Å². The van der Waals surface area contributed by atoms with Gasteiger partial charge in [-0.05, 0) is 54.3 Å². The van der Waals surface area contributed by atoms with E-state index in [1.54, 1.807) is 11.3 Å². The van der Waals surface area contributed by atoms with E-state index >= 15 is 0 Å². The van der Waals surface area contributed by atoms with Crippen LogP contribution in [0.4, 0.5) is 5.13 Å². The van der Waals surface area contributed by atoms with E-state index in [1.165, 1.54) is 25.9 Å². The fourth-order valence-corrected chi connectivity index (χ4v) is 2.91. The van der Waals surface area contributed by atoms with Crippen molar-refractivity contribution in [3.63, 3.8) is 0 Å². The first-order valence-corrected chi connectivity index (χ1v) is 7.10. The van der Waals surface area contributed by atoms with Crippen LogP contribution in [0.15, 0.2) is 3.92 Å². The Kier molecular flexibility index (Phi) is 3.81. The molecule has 16 heavy (non-hydrogen) atoms. The molecule has 0 aliphatic carbocycles. The smallest absolute Gasteiger partial charge is 0.206 e. The molecule has 1 aliphatic rings. The molecule has 4 nitrogen and oxygen atoms in total. The first-order chi connectivity index (χ1) is 7.57. The molecule has 2 rings (SSSR count). The molecular formula is C10H17BrN4S. The Labute approximate surface area is 109 Å². The predicted octanol–water partition coefficient (Wildman–Crippen LogP) is 2.44. The number of aromatic nitrogens is 2. The van der Waals surface area contributed by atoms with E-state index in [9.17, 15) is 0 Å². The van der Waals surface area contributed by atoms with Gasteiger partial charge in [0.05, 0.1) is 0 Å². The molecule has 6 heteroatoms. The largest absolute Gasteiger partial charge is 0.360 e. The van der Waals surface area contributed by atoms with E-state index in [0.29, 0.717) is 5.41 Å². The molecule has 0 amide bonds. The zero-order chi connectivity index (χ0) is 11.6. The number of hydrogen-bond acceptors (Lipinski definition) is 5. The van der Waals surface area contributed by atoms with E-state index in [2.05, 4.69) is 50.3 Å². The maximum atomic E-state index is 4.05. The summed E-state index contributed by atoms with van der Waals surface area (Å²) < 4.78 is 0.837. The van der Waals surface area contributed by atoms with Crippen LogP contribution in [0.25, 0.3) is 0 Å². The van der Waals surface area contributed by atoms with Gasteiger partial charge in [-0.3, -0.25) is 0 Å². The average molecular weight is 305 g/mol. The maximum absolute atomic E-state index is 4.05. The van der Waals surface area contributed by atoms with Crippen LogP contribution in [0, 0.1) is 5.41 Å². The summed E-state index contributed by atoms with van der Waals surface area (Å²) in [5, 5.41) is 12.3. The lowest BCUT2D eigenvalue weighted by Crippen LogP contribution is -2.40. The molecule has 0 radical (unpaired) electrons. The molecule has 1 fully saturated rings. The molecule has 1 N–H and O–H groups in total. The van der Waals surface area contributed by atoms with Gasteiger partial charge >= 0.3 is 0 Å². The SMILES string of the molecule is CN1CCC(C)(CNc2nnc(Br)s2)CC1. The van der Waals surface area contributed by atoms with Crippen LogP contribution in [0.1, 0.15) is 19.8 Å². The lowest BCUT2D eigenvalue weighted by Gasteiger charge is -2.37.